The van der Waals surface area contributed by atoms with Crippen LogP contribution < -0.4 is 21.3 Å². The van der Waals surface area contributed by atoms with E-state index in [-0.39, 0.29) is 29.7 Å². The zero-order chi connectivity index (χ0) is 27.4. The standard InChI is InChI=1S/C24H38N4O6S2/c1-6-16-21(30)28-20(14(4)5)24(33)34-15(9-7-8-10-35)11-18(29)27-19(13(2)3)23(32)26-17(12-36)22(31)25-16/h6-7,9,13-15,17,19-20,35-36H,8,10-12H2,1-5H3,(H,25,31)(H,26,32)(H,27,29)(H,28,30)/b9-7+,16-6+/t15-,17+,19-,20-/m1/s1. The van der Waals surface area contributed by atoms with E-state index in [9.17, 15) is 24.0 Å². The lowest BCUT2D eigenvalue weighted by atomic mass is 10.0. The first-order chi connectivity index (χ1) is 16.9. The Morgan fingerprint density at radius 1 is 0.944 bits per heavy atom. The van der Waals surface area contributed by atoms with Crippen molar-refractivity contribution in [1.29, 1.82) is 0 Å². The maximum atomic E-state index is 13.0. The average molecular weight is 543 g/mol. The van der Waals surface area contributed by atoms with Crippen LogP contribution >= 0.6 is 25.3 Å². The molecule has 1 heterocycles. The number of esters is 1. The second-order valence-corrected chi connectivity index (χ2v) is 9.85. The van der Waals surface area contributed by atoms with Crippen molar-refractivity contribution >= 4 is 54.9 Å². The molecular formula is C24H38N4O6S2. The van der Waals surface area contributed by atoms with E-state index < -0.39 is 53.8 Å². The molecular weight excluding hydrogens is 504 g/mol. The fourth-order valence-corrected chi connectivity index (χ4v) is 3.70. The normalized spacial score (nSPS) is 26.6. The van der Waals surface area contributed by atoms with Crippen LogP contribution in [0.4, 0.5) is 0 Å². The van der Waals surface area contributed by atoms with Crippen molar-refractivity contribution in [3.8, 4) is 0 Å². The highest BCUT2D eigenvalue weighted by Gasteiger charge is 2.33. The van der Waals surface area contributed by atoms with Crippen LogP contribution in [0.1, 0.15) is 47.5 Å². The Balaban J connectivity index is 3.43. The predicted octanol–water partition coefficient (Wildman–Crippen LogP) is 0.894. The second-order valence-electron chi connectivity index (χ2n) is 9.04. The zero-order valence-electron chi connectivity index (χ0n) is 21.4. The number of nitrogens with one attached hydrogen (secondary N) is 4. The van der Waals surface area contributed by atoms with E-state index >= 15 is 0 Å². The fraction of sp³-hybridized carbons (Fsp3) is 0.625. The number of allylic oxidation sites excluding steroid dienone is 2. The number of carbonyl (C=O) groups excluding carboxylic acids is 5. The van der Waals surface area contributed by atoms with Crippen LogP contribution in [0.5, 0.6) is 0 Å². The van der Waals surface area contributed by atoms with Gasteiger partial charge in [-0.1, -0.05) is 39.8 Å². The minimum Gasteiger partial charge on any atom is -0.456 e. The molecule has 202 valence electrons. The van der Waals surface area contributed by atoms with Crippen LogP contribution in [0.2, 0.25) is 0 Å². The van der Waals surface area contributed by atoms with E-state index in [1.165, 1.54) is 6.08 Å². The van der Waals surface area contributed by atoms with Gasteiger partial charge in [0.25, 0.3) is 5.91 Å². The highest BCUT2D eigenvalue weighted by atomic mass is 32.1. The van der Waals surface area contributed by atoms with Gasteiger partial charge in [0.2, 0.25) is 17.7 Å². The molecule has 4 N–H and O–H groups in total. The largest absolute Gasteiger partial charge is 0.456 e. The molecule has 1 rings (SSSR count). The first kappa shape index (κ1) is 31.6. The third-order valence-corrected chi connectivity index (χ3v) is 6.00. The highest BCUT2D eigenvalue weighted by Crippen LogP contribution is 2.12. The number of cyclic esters (lactones) is 1. The van der Waals surface area contributed by atoms with E-state index in [0.717, 1.165) is 0 Å². The van der Waals surface area contributed by atoms with Crippen LogP contribution in [-0.4, -0.2) is 65.3 Å². The van der Waals surface area contributed by atoms with Gasteiger partial charge < -0.3 is 26.0 Å². The maximum absolute atomic E-state index is 13.0. The van der Waals surface area contributed by atoms with E-state index in [2.05, 4.69) is 46.5 Å². The summed E-state index contributed by atoms with van der Waals surface area (Å²) in [6, 6.07) is -3.06. The van der Waals surface area contributed by atoms with Crippen molar-refractivity contribution in [2.45, 2.75) is 71.7 Å². The van der Waals surface area contributed by atoms with Gasteiger partial charge in [0, 0.05) is 5.75 Å². The molecule has 0 aliphatic carbocycles. The second kappa shape index (κ2) is 15.6. The molecule has 0 bridgehead atoms. The van der Waals surface area contributed by atoms with Gasteiger partial charge in [-0.2, -0.15) is 25.3 Å². The minimum atomic E-state index is -1.07. The van der Waals surface area contributed by atoms with Gasteiger partial charge >= 0.3 is 5.97 Å². The van der Waals surface area contributed by atoms with Crippen molar-refractivity contribution in [3.63, 3.8) is 0 Å². The lowest BCUT2D eigenvalue weighted by Gasteiger charge is -2.27. The summed E-state index contributed by atoms with van der Waals surface area (Å²) in [5, 5.41) is 10.3. The molecule has 1 aliphatic heterocycles. The summed E-state index contributed by atoms with van der Waals surface area (Å²) in [5.41, 5.74) is -0.0921. The topological polar surface area (TPSA) is 143 Å². The Kier molecular flexibility index (Phi) is 13.7. The van der Waals surface area contributed by atoms with Crippen LogP contribution in [0.15, 0.2) is 23.9 Å². The van der Waals surface area contributed by atoms with Gasteiger partial charge in [-0.05, 0) is 37.0 Å². The third-order valence-electron chi connectivity index (χ3n) is 5.38. The molecule has 4 amide bonds. The van der Waals surface area contributed by atoms with E-state index in [4.69, 9.17) is 4.74 Å². The Morgan fingerprint density at radius 3 is 2.11 bits per heavy atom. The average Bonchev–Trinajstić information content (AvgIpc) is 2.81. The smallest absolute Gasteiger partial charge is 0.329 e. The molecule has 36 heavy (non-hydrogen) atoms. The number of hydrogen-bond donors (Lipinski definition) is 6. The summed E-state index contributed by atoms with van der Waals surface area (Å²) in [6.07, 6.45) is 4.16. The monoisotopic (exact) mass is 542 g/mol. The number of rotatable bonds is 6. The first-order valence-electron chi connectivity index (χ1n) is 11.9. The SMILES string of the molecule is C/C=C1/NC(=O)[C@H](CS)NC(=O)[C@@H](C(C)C)NC(=O)C[C@@H](/C=C/CCS)OC(=O)[C@@H](C(C)C)NC1=O. The molecule has 0 aromatic rings. The Labute approximate surface area is 223 Å². The Bertz CT molecular complexity index is 875. The molecule has 12 heteroatoms. The van der Waals surface area contributed by atoms with Gasteiger partial charge in [0.1, 0.15) is 29.9 Å². The molecule has 1 aliphatic rings. The molecule has 0 saturated carbocycles. The van der Waals surface area contributed by atoms with Crippen LogP contribution in [0.25, 0.3) is 0 Å². The number of hydrogen-bond acceptors (Lipinski definition) is 8. The predicted molar refractivity (Wildman–Crippen MR) is 143 cm³/mol. The molecule has 1 saturated heterocycles. The quantitative estimate of drug-likeness (QED) is 0.127. The minimum absolute atomic E-state index is 0.0477. The van der Waals surface area contributed by atoms with Gasteiger partial charge in [-0.15, -0.1) is 0 Å². The third kappa shape index (κ3) is 9.88. The summed E-state index contributed by atoms with van der Waals surface area (Å²) in [7, 11) is 0. The van der Waals surface area contributed by atoms with Gasteiger partial charge in [-0.25, -0.2) is 4.79 Å². The molecule has 0 spiro atoms. The van der Waals surface area contributed by atoms with E-state index in [1.54, 1.807) is 46.8 Å². The van der Waals surface area contributed by atoms with E-state index in [0.29, 0.717) is 12.2 Å². The Morgan fingerprint density at radius 2 is 1.58 bits per heavy atom. The van der Waals surface area contributed by atoms with Gasteiger partial charge in [0.05, 0.1) is 6.42 Å². The first-order valence-corrected chi connectivity index (χ1v) is 13.2. The molecule has 0 radical (unpaired) electrons. The lowest BCUT2D eigenvalue weighted by Crippen LogP contribution is -2.57. The van der Waals surface area contributed by atoms with Crippen molar-refractivity contribution in [2.75, 3.05) is 11.5 Å². The lowest BCUT2D eigenvalue weighted by molar-refractivity contribution is -0.153. The van der Waals surface area contributed by atoms with Crippen molar-refractivity contribution in [2.24, 2.45) is 11.8 Å². The highest BCUT2D eigenvalue weighted by molar-refractivity contribution is 7.80. The molecule has 4 atom stereocenters. The molecule has 10 nitrogen and oxygen atoms in total. The van der Waals surface area contributed by atoms with Crippen molar-refractivity contribution < 1.29 is 28.7 Å². The number of amides is 4. The Hall–Kier alpha value is -2.47. The summed E-state index contributed by atoms with van der Waals surface area (Å²) < 4.78 is 5.59. The number of carbonyl (C=O) groups is 5. The van der Waals surface area contributed by atoms with Crippen molar-refractivity contribution in [3.05, 3.63) is 23.9 Å². The zero-order valence-corrected chi connectivity index (χ0v) is 23.2. The summed E-state index contributed by atoms with van der Waals surface area (Å²) in [4.78, 5) is 64.5. The maximum Gasteiger partial charge on any atom is 0.329 e. The number of ether oxygens (including phenoxy) is 1. The fourth-order valence-electron chi connectivity index (χ4n) is 3.30. The molecule has 0 unspecified atom stereocenters. The van der Waals surface area contributed by atoms with Gasteiger partial charge in [-0.3, -0.25) is 19.2 Å². The number of thiol groups is 2. The van der Waals surface area contributed by atoms with Gasteiger partial charge in [0.15, 0.2) is 0 Å². The molecule has 1 fully saturated rings. The summed E-state index contributed by atoms with van der Waals surface area (Å²) in [5.74, 6) is -3.32. The van der Waals surface area contributed by atoms with Crippen LogP contribution in [0.3, 0.4) is 0 Å². The van der Waals surface area contributed by atoms with Crippen LogP contribution in [0, 0.1) is 11.8 Å². The van der Waals surface area contributed by atoms with Crippen molar-refractivity contribution in [1.82, 2.24) is 21.3 Å². The van der Waals surface area contributed by atoms with E-state index in [1.807, 2.05) is 0 Å². The summed E-state index contributed by atoms with van der Waals surface area (Å²) >= 11 is 8.31. The van der Waals surface area contributed by atoms with Crippen LogP contribution in [-0.2, 0) is 28.7 Å². The summed E-state index contributed by atoms with van der Waals surface area (Å²) in [6.45, 7) is 8.51. The molecule has 0 aromatic heterocycles. The molecule has 0 aromatic carbocycles.